The molecule has 0 aliphatic carbocycles. The van der Waals surface area contributed by atoms with Crippen molar-refractivity contribution in [3.8, 4) is 0 Å². The van der Waals surface area contributed by atoms with Gasteiger partial charge in [0.25, 0.3) is 0 Å². The molecule has 0 amide bonds. The van der Waals surface area contributed by atoms with Crippen LogP contribution in [-0.4, -0.2) is 18.0 Å². The molecular formula is C7H15O2. The SMILES string of the molecule is [CH2]C(O)OCC(C)CC. The average molecular weight is 131 g/mol. The topological polar surface area (TPSA) is 29.5 Å². The van der Waals surface area contributed by atoms with E-state index in [1.54, 1.807) is 0 Å². The lowest BCUT2D eigenvalue weighted by Gasteiger charge is -2.10. The average Bonchev–Trinajstić information content (AvgIpc) is 1.83. The Balaban J connectivity index is 3.06. The lowest BCUT2D eigenvalue weighted by Crippen LogP contribution is -2.12. The van der Waals surface area contributed by atoms with Crippen LogP contribution in [0.1, 0.15) is 20.3 Å². The van der Waals surface area contributed by atoms with E-state index in [2.05, 4.69) is 20.8 Å². The molecule has 0 rings (SSSR count). The highest BCUT2D eigenvalue weighted by Gasteiger charge is 2.00. The van der Waals surface area contributed by atoms with Gasteiger partial charge in [0, 0.05) is 6.92 Å². The third-order valence-electron chi connectivity index (χ3n) is 1.27. The highest BCUT2D eigenvalue weighted by molar-refractivity contribution is 4.48. The number of aliphatic hydroxyl groups is 1. The Labute approximate surface area is 56.8 Å². The Hall–Kier alpha value is -0.0800. The number of hydrogen-bond acceptors (Lipinski definition) is 2. The van der Waals surface area contributed by atoms with Crippen molar-refractivity contribution in [2.24, 2.45) is 5.92 Å². The van der Waals surface area contributed by atoms with Crippen molar-refractivity contribution in [3.05, 3.63) is 6.92 Å². The Bertz CT molecular complexity index is 61.9. The molecule has 0 saturated carbocycles. The first-order chi connectivity index (χ1) is 4.16. The molecule has 0 fully saturated rings. The summed E-state index contributed by atoms with van der Waals surface area (Å²) in [7, 11) is 0. The lowest BCUT2D eigenvalue weighted by molar-refractivity contribution is -0.0770. The van der Waals surface area contributed by atoms with Gasteiger partial charge >= 0.3 is 0 Å². The van der Waals surface area contributed by atoms with E-state index < -0.39 is 6.29 Å². The first-order valence-electron chi connectivity index (χ1n) is 3.29. The molecule has 0 aromatic heterocycles. The smallest absolute Gasteiger partial charge is 0.154 e. The fourth-order valence-electron chi connectivity index (χ4n) is 0.393. The van der Waals surface area contributed by atoms with Gasteiger partial charge in [-0.1, -0.05) is 20.3 Å². The summed E-state index contributed by atoms with van der Waals surface area (Å²) < 4.78 is 4.84. The van der Waals surface area contributed by atoms with Crippen LogP contribution in [0.15, 0.2) is 0 Å². The van der Waals surface area contributed by atoms with Crippen molar-refractivity contribution < 1.29 is 9.84 Å². The zero-order valence-corrected chi connectivity index (χ0v) is 6.13. The number of rotatable bonds is 4. The summed E-state index contributed by atoms with van der Waals surface area (Å²) in [5.41, 5.74) is 0. The van der Waals surface area contributed by atoms with Gasteiger partial charge in [-0.05, 0) is 5.92 Å². The molecule has 2 heteroatoms. The number of hydrogen-bond donors (Lipinski definition) is 1. The highest BCUT2D eigenvalue weighted by atomic mass is 16.6. The van der Waals surface area contributed by atoms with Crippen molar-refractivity contribution >= 4 is 0 Å². The van der Waals surface area contributed by atoms with E-state index in [9.17, 15) is 0 Å². The van der Waals surface area contributed by atoms with Gasteiger partial charge in [-0.15, -0.1) is 0 Å². The molecule has 0 saturated heterocycles. The predicted octanol–water partition coefficient (Wildman–Crippen LogP) is 1.20. The first kappa shape index (κ1) is 8.92. The molecule has 0 aliphatic heterocycles. The molecule has 2 atom stereocenters. The molecule has 55 valence electrons. The van der Waals surface area contributed by atoms with Crippen molar-refractivity contribution in [3.63, 3.8) is 0 Å². The van der Waals surface area contributed by atoms with Gasteiger partial charge in [0.15, 0.2) is 6.29 Å². The normalized spacial score (nSPS) is 17.3. The van der Waals surface area contributed by atoms with Crippen LogP contribution in [0.25, 0.3) is 0 Å². The Morgan fingerprint density at radius 3 is 2.56 bits per heavy atom. The van der Waals surface area contributed by atoms with Crippen LogP contribution >= 0.6 is 0 Å². The fraction of sp³-hybridized carbons (Fsp3) is 0.857. The summed E-state index contributed by atoms with van der Waals surface area (Å²) in [4.78, 5) is 0. The van der Waals surface area contributed by atoms with Crippen LogP contribution in [0.2, 0.25) is 0 Å². The van der Waals surface area contributed by atoms with Gasteiger partial charge in [-0.2, -0.15) is 0 Å². The zero-order valence-electron chi connectivity index (χ0n) is 6.13. The largest absolute Gasteiger partial charge is 0.368 e. The Morgan fingerprint density at radius 2 is 2.22 bits per heavy atom. The second kappa shape index (κ2) is 4.77. The van der Waals surface area contributed by atoms with Gasteiger partial charge < -0.3 is 9.84 Å². The van der Waals surface area contributed by atoms with Crippen molar-refractivity contribution in [1.29, 1.82) is 0 Å². The Kier molecular flexibility index (Phi) is 4.72. The lowest BCUT2D eigenvalue weighted by atomic mass is 10.1. The highest BCUT2D eigenvalue weighted by Crippen LogP contribution is 2.01. The monoisotopic (exact) mass is 131 g/mol. The standard InChI is InChI=1S/C7H15O2/c1-4-6(2)5-9-7(3)8/h6-8H,3-5H2,1-2H3. The minimum absolute atomic E-state index is 0.515. The van der Waals surface area contributed by atoms with Gasteiger partial charge in [0.2, 0.25) is 0 Å². The maximum Gasteiger partial charge on any atom is 0.154 e. The van der Waals surface area contributed by atoms with E-state index in [1.165, 1.54) is 0 Å². The van der Waals surface area contributed by atoms with Gasteiger partial charge in [0.05, 0.1) is 6.61 Å². The van der Waals surface area contributed by atoms with Gasteiger partial charge in [-0.25, -0.2) is 0 Å². The molecule has 2 nitrogen and oxygen atoms in total. The van der Waals surface area contributed by atoms with E-state index in [1.807, 2.05) is 0 Å². The molecule has 2 unspecified atom stereocenters. The second-order valence-corrected chi connectivity index (χ2v) is 2.30. The summed E-state index contributed by atoms with van der Waals surface area (Å²) in [6.45, 7) is 8.04. The van der Waals surface area contributed by atoms with Crippen LogP contribution in [0.3, 0.4) is 0 Å². The molecule has 0 aromatic carbocycles. The van der Waals surface area contributed by atoms with Gasteiger partial charge in [-0.3, -0.25) is 0 Å². The van der Waals surface area contributed by atoms with Crippen LogP contribution in [0.5, 0.6) is 0 Å². The quantitative estimate of drug-likeness (QED) is 0.581. The number of aliphatic hydroxyl groups excluding tert-OH is 1. The summed E-state index contributed by atoms with van der Waals surface area (Å²) in [5.74, 6) is 0.515. The number of ether oxygens (including phenoxy) is 1. The van der Waals surface area contributed by atoms with E-state index in [4.69, 9.17) is 9.84 Å². The fourth-order valence-corrected chi connectivity index (χ4v) is 0.393. The summed E-state index contributed by atoms with van der Waals surface area (Å²) in [6, 6.07) is 0. The van der Waals surface area contributed by atoms with Gasteiger partial charge in [0.1, 0.15) is 0 Å². The first-order valence-corrected chi connectivity index (χ1v) is 3.29. The Morgan fingerprint density at radius 1 is 1.67 bits per heavy atom. The summed E-state index contributed by atoms with van der Waals surface area (Å²) in [5, 5.41) is 8.56. The molecule has 1 radical (unpaired) electrons. The van der Waals surface area contributed by atoms with E-state index in [0.29, 0.717) is 12.5 Å². The minimum atomic E-state index is -0.862. The maximum atomic E-state index is 8.56. The third kappa shape index (κ3) is 5.80. The van der Waals surface area contributed by atoms with Crippen molar-refractivity contribution in [2.45, 2.75) is 26.6 Å². The van der Waals surface area contributed by atoms with Crippen LogP contribution in [-0.2, 0) is 4.74 Å². The molecule has 0 aromatic rings. The third-order valence-corrected chi connectivity index (χ3v) is 1.27. The van der Waals surface area contributed by atoms with Crippen LogP contribution in [0.4, 0.5) is 0 Å². The van der Waals surface area contributed by atoms with Crippen molar-refractivity contribution in [1.82, 2.24) is 0 Å². The summed E-state index contributed by atoms with van der Waals surface area (Å²) >= 11 is 0. The minimum Gasteiger partial charge on any atom is -0.368 e. The molecule has 9 heavy (non-hydrogen) atoms. The molecule has 0 heterocycles. The molecule has 0 bridgehead atoms. The van der Waals surface area contributed by atoms with E-state index in [0.717, 1.165) is 6.42 Å². The van der Waals surface area contributed by atoms with Crippen LogP contribution < -0.4 is 0 Å². The maximum absolute atomic E-state index is 8.56. The zero-order chi connectivity index (χ0) is 7.28. The summed E-state index contributed by atoms with van der Waals surface area (Å²) in [6.07, 6.45) is 0.214. The molecule has 1 N–H and O–H groups in total. The van der Waals surface area contributed by atoms with Crippen molar-refractivity contribution in [2.75, 3.05) is 6.61 Å². The van der Waals surface area contributed by atoms with E-state index in [-0.39, 0.29) is 0 Å². The second-order valence-electron chi connectivity index (χ2n) is 2.30. The molecule has 0 aliphatic rings. The van der Waals surface area contributed by atoms with E-state index >= 15 is 0 Å². The predicted molar refractivity (Wildman–Crippen MR) is 36.8 cm³/mol. The van der Waals surface area contributed by atoms with Crippen LogP contribution in [0, 0.1) is 12.8 Å². The molecule has 0 spiro atoms. The molecular weight excluding hydrogens is 116 g/mol.